The molecule has 7 heteroatoms. The van der Waals surface area contributed by atoms with E-state index < -0.39 is 30.5 Å². The molecule has 1 saturated heterocycles. The van der Waals surface area contributed by atoms with Gasteiger partial charge in [0.15, 0.2) is 0 Å². The van der Waals surface area contributed by atoms with E-state index in [1.54, 1.807) is 14.0 Å². The first kappa shape index (κ1) is 29.3. The SMILES string of the molecule is CCCCCCCCCCCC(CC(=O)NC1C(O)[C@H](O)C(COC(C)C)O[C@H]1C)OC. The molecule has 7 nitrogen and oxygen atoms in total. The van der Waals surface area contributed by atoms with Gasteiger partial charge in [-0.3, -0.25) is 4.79 Å². The van der Waals surface area contributed by atoms with Crippen molar-refractivity contribution in [3.05, 3.63) is 0 Å². The van der Waals surface area contributed by atoms with Crippen molar-refractivity contribution < 1.29 is 29.2 Å². The maximum absolute atomic E-state index is 12.6. The third-order valence-electron chi connectivity index (χ3n) is 6.29. The van der Waals surface area contributed by atoms with Crippen LogP contribution in [0.1, 0.15) is 98.3 Å². The minimum Gasteiger partial charge on any atom is -0.388 e. The molecular weight excluding hydrogens is 410 g/mol. The van der Waals surface area contributed by atoms with Crippen LogP contribution in [0.3, 0.4) is 0 Å². The van der Waals surface area contributed by atoms with Gasteiger partial charge in [-0.05, 0) is 27.2 Å². The van der Waals surface area contributed by atoms with Gasteiger partial charge in [0.2, 0.25) is 5.91 Å². The van der Waals surface area contributed by atoms with Crippen molar-refractivity contribution in [2.45, 2.75) is 141 Å². The molecular formula is C25H49NO6. The van der Waals surface area contributed by atoms with E-state index in [0.717, 1.165) is 19.3 Å². The van der Waals surface area contributed by atoms with Gasteiger partial charge < -0.3 is 29.7 Å². The van der Waals surface area contributed by atoms with Gasteiger partial charge >= 0.3 is 0 Å². The topological polar surface area (TPSA) is 97.3 Å². The summed E-state index contributed by atoms with van der Waals surface area (Å²) in [6.45, 7) is 8.03. The summed E-state index contributed by atoms with van der Waals surface area (Å²) in [5.74, 6) is -0.198. The molecule has 1 heterocycles. The summed E-state index contributed by atoms with van der Waals surface area (Å²) in [6, 6.07) is -0.669. The number of methoxy groups -OCH3 is 1. The van der Waals surface area contributed by atoms with Crippen LogP contribution in [0, 0.1) is 0 Å². The van der Waals surface area contributed by atoms with Crippen LogP contribution in [0.15, 0.2) is 0 Å². The Labute approximate surface area is 195 Å². The molecule has 190 valence electrons. The Balaban J connectivity index is 2.31. The molecule has 0 aromatic rings. The standard InChI is InChI=1S/C25H49NO6/c1-6-7-8-9-10-11-12-13-14-15-20(30-5)16-22(27)26-23-19(4)32-21(17-31-18(2)3)24(28)25(23)29/h18-21,23-25,28-29H,6-17H2,1-5H3,(H,26,27)/t19-,20?,21?,23?,24+,25?/m0/s1. The van der Waals surface area contributed by atoms with Crippen molar-refractivity contribution in [3.63, 3.8) is 0 Å². The summed E-state index contributed by atoms with van der Waals surface area (Å²) in [5.41, 5.74) is 0. The van der Waals surface area contributed by atoms with Crippen LogP contribution in [0.4, 0.5) is 0 Å². The molecule has 0 saturated carbocycles. The minimum absolute atomic E-state index is 0.00690. The third-order valence-corrected chi connectivity index (χ3v) is 6.29. The van der Waals surface area contributed by atoms with Crippen LogP contribution < -0.4 is 5.32 Å². The molecule has 6 atom stereocenters. The van der Waals surface area contributed by atoms with Gasteiger partial charge in [-0.2, -0.15) is 0 Å². The number of unbranched alkanes of at least 4 members (excludes halogenated alkanes) is 8. The van der Waals surface area contributed by atoms with Crippen LogP contribution in [0.2, 0.25) is 0 Å². The number of aliphatic hydroxyl groups is 2. The van der Waals surface area contributed by atoms with Crippen LogP contribution >= 0.6 is 0 Å². The number of nitrogens with one attached hydrogen (secondary N) is 1. The molecule has 0 bridgehead atoms. The number of rotatable bonds is 17. The van der Waals surface area contributed by atoms with Gasteiger partial charge in [0, 0.05) is 7.11 Å². The molecule has 32 heavy (non-hydrogen) atoms. The molecule has 1 amide bonds. The Morgan fingerprint density at radius 3 is 2.16 bits per heavy atom. The molecule has 0 aromatic carbocycles. The fraction of sp³-hybridized carbons (Fsp3) is 0.960. The quantitative estimate of drug-likeness (QED) is 0.287. The van der Waals surface area contributed by atoms with Crippen LogP contribution in [0.25, 0.3) is 0 Å². The fourth-order valence-corrected chi connectivity index (χ4v) is 4.22. The van der Waals surface area contributed by atoms with Gasteiger partial charge in [0.1, 0.15) is 18.3 Å². The van der Waals surface area contributed by atoms with E-state index in [-0.39, 0.29) is 31.1 Å². The van der Waals surface area contributed by atoms with Gasteiger partial charge in [0.25, 0.3) is 0 Å². The molecule has 0 aliphatic carbocycles. The summed E-state index contributed by atoms with van der Waals surface area (Å²) in [5, 5.41) is 23.8. The van der Waals surface area contributed by atoms with Crippen molar-refractivity contribution >= 4 is 5.91 Å². The highest BCUT2D eigenvalue weighted by molar-refractivity contribution is 5.77. The van der Waals surface area contributed by atoms with Gasteiger partial charge in [-0.1, -0.05) is 64.7 Å². The van der Waals surface area contributed by atoms with Gasteiger partial charge in [-0.25, -0.2) is 0 Å². The molecule has 1 aliphatic heterocycles. The highest BCUT2D eigenvalue weighted by Gasteiger charge is 2.43. The number of hydrogen-bond acceptors (Lipinski definition) is 6. The number of aliphatic hydroxyl groups excluding tert-OH is 2. The van der Waals surface area contributed by atoms with Gasteiger partial charge in [-0.15, -0.1) is 0 Å². The second-order valence-electron chi connectivity index (χ2n) is 9.52. The van der Waals surface area contributed by atoms with Crippen LogP contribution in [-0.2, 0) is 19.0 Å². The molecule has 0 spiro atoms. The summed E-state index contributed by atoms with van der Waals surface area (Å²) >= 11 is 0. The van der Waals surface area contributed by atoms with Crippen molar-refractivity contribution in [1.82, 2.24) is 5.32 Å². The average molecular weight is 460 g/mol. The molecule has 1 aliphatic rings. The zero-order valence-corrected chi connectivity index (χ0v) is 21.1. The largest absolute Gasteiger partial charge is 0.388 e. The summed E-state index contributed by atoms with van der Waals surface area (Å²) in [6.07, 6.45) is 9.01. The molecule has 0 radical (unpaired) electrons. The van der Waals surface area contributed by atoms with E-state index in [9.17, 15) is 15.0 Å². The fourth-order valence-electron chi connectivity index (χ4n) is 4.22. The molecule has 0 aromatic heterocycles. The Bertz CT molecular complexity index is 489. The Hall–Kier alpha value is -0.730. The lowest BCUT2D eigenvalue weighted by Gasteiger charge is -2.42. The predicted molar refractivity (Wildman–Crippen MR) is 127 cm³/mol. The van der Waals surface area contributed by atoms with E-state index in [2.05, 4.69) is 12.2 Å². The van der Waals surface area contributed by atoms with Gasteiger partial charge in [0.05, 0.1) is 37.4 Å². The van der Waals surface area contributed by atoms with Crippen molar-refractivity contribution in [1.29, 1.82) is 0 Å². The molecule has 4 unspecified atom stereocenters. The lowest BCUT2D eigenvalue weighted by molar-refractivity contribution is -0.198. The first-order valence-corrected chi connectivity index (χ1v) is 12.7. The zero-order chi connectivity index (χ0) is 23.9. The summed E-state index contributed by atoms with van der Waals surface area (Å²) in [7, 11) is 1.63. The molecule has 1 rings (SSSR count). The van der Waals surface area contributed by atoms with E-state index in [1.807, 2.05) is 13.8 Å². The van der Waals surface area contributed by atoms with Crippen molar-refractivity contribution in [2.24, 2.45) is 0 Å². The van der Waals surface area contributed by atoms with E-state index in [4.69, 9.17) is 14.2 Å². The highest BCUT2D eigenvalue weighted by Crippen LogP contribution is 2.22. The lowest BCUT2D eigenvalue weighted by Crippen LogP contribution is -2.63. The third kappa shape index (κ3) is 11.4. The highest BCUT2D eigenvalue weighted by atomic mass is 16.6. The van der Waals surface area contributed by atoms with Crippen LogP contribution in [0.5, 0.6) is 0 Å². The number of amides is 1. The predicted octanol–water partition coefficient (Wildman–Crippen LogP) is 3.73. The first-order valence-electron chi connectivity index (χ1n) is 12.7. The number of ether oxygens (including phenoxy) is 3. The lowest BCUT2D eigenvalue weighted by atomic mass is 9.93. The second kappa shape index (κ2) is 16.8. The summed E-state index contributed by atoms with van der Waals surface area (Å²) in [4.78, 5) is 12.6. The number of hydrogen-bond donors (Lipinski definition) is 3. The number of carbonyl (C=O) groups excluding carboxylic acids is 1. The van der Waals surface area contributed by atoms with Crippen molar-refractivity contribution in [3.8, 4) is 0 Å². The van der Waals surface area contributed by atoms with E-state index in [1.165, 1.54) is 44.9 Å². The Morgan fingerprint density at radius 1 is 1.00 bits per heavy atom. The first-order chi connectivity index (χ1) is 15.3. The maximum atomic E-state index is 12.6. The molecule has 3 N–H and O–H groups in total. The Kier molecular flexibility index (Phi) is 15.4. The summed E-state index contributed by atoms with van der Waals surface area (Å²) < 4.78 is 16.8. The van der Waals surface area contributed by atoms with E-state index in [0.29, 0.717) is 0 Å². The monoisotopic (exact) mass is 459 g/mol. The average Bonchev–Trinajstić information content (AvgIpc) is 2.76. The van der Waals surface area contributed by atoms with Crippen LogP contribution in [-0.4, -0.2) is 72.5 Å². The minimum atomic E-state index is -1.12. The normalized spacial score (nSPS) is 26.9. The maximum Gasteiger partial charge on any atom is 0.223 e. The van der Waals surface area contributed by atoms with E-state index >= 15 is 0 Å². The number of carbonyl (C=O) groups is 1. The second-order valence-corrected chi connectivity index (χ2v) is 9.52. The smallest absolute Gasteiger partial charge is 0.223 e. The van der Waals surface area contributed by atoms with Crippen molar-refractivity contribution in [2.75, 3.05) is 13.7 Å². The zero-order valence-electron chi connectivity index (χ0n) is 21.1. The molecule has 1 fully saturated rings. The Morgan fingerprint density at radius 2 is 1.59 bits per heavy atom.